The Morgan fingerprint density at radius 1 is 0.947 bits per heavy atom. The van der Waals surface area contributed by atoms with E-state index >= 15 is 0 Å². The molecule has 190 valence electrons. The van der Waals surface area contributed by atoms with Crippen LogP contribution in [0.5, 0.6) is 11.5 Å². The molecular formula is C31H24Cl2N2O3. The molecular weight excluding hydrogens is 519 g/mol. The van der Waals surface area contributed by atoms with Gasteiger partial charge in [0.05, 0.1) is 7.11 Å². The van der Waals surface area contributed by atoms with E-state index in [1.54, 1.807) is 43.5 Å². The summed E-state index contributed by atoms with van der Waals surface area (Å²) in [4.78, 5) is 12.8. The Morgan fingerprint density at radius 2 is 1.66 bits per heavy atom. The first-order chi connectivity index (χ1) is 18.5. The Bertz CT molecular complexity index is 1490. The maximum Gasteiger partial charge on any atom is 0.266 e. The molecule has 0 spiro atoms. The largest absolute Gasteiger partial charge is 0.496 e. The van der Waals surface area contributed by atoms with E-state index in [0.717, 1.165) is 16.7 Å². The van der Waals surface area contributed by atoms with Gasteiger partial charge >= 0.3 is 0 Å². The molecule has 4 aromatic carbocycles. The molecule has 38 heavy (non-hydrogen) atoms. The molecule has 0 aliphatic carbocycles. The summed E-state index contributed by atoms with van der Waals surface area (Å²) in [7, 11) is 1.54. The lowest BCUT2D eigenvalue weighted by Crippen LogP contribution is -2.13. The molecule has 0 saturated heterocycles. The van der Waals surface area contributed by atoms with Crippen LogP contribution in [0.2, 0.25) is 10.0 Å². The number of hydrogen-bond donors (Lipinski definition) is 1. The normalized spacial score (nSPS) is 10.9. The molecule has 7 heteroatoms. The van der Waals surface area contributed by atoms with Crippen LogP contribution in [0.1, 0.15) is 22.3 Å². The van der Waals surface area contributed by atoms with Crippen molar-refractivity contribution in [1.29, 1.82) is 5.26 Å². The van der Waals surface area contributed by atoms with Crippen LogP contribution in [0.4, 0.5) is 5.69 Å². The monoisotopic (exact) mass is 542 g/mol. The van der Waals surface area contributed by atoms with E-state index in [1.807, 2.05) is 60.7 Å². The lowest BCUT2D eigenvalue weighted by molar-refractivity contribution is -0.112. The fourth-order valence-electron chi connectivity index (χ4n) is 3.79. The summed E-state index contributed by atoms with van der Waals surface area (Å²) in [5, 5.41) is 13.5. The zero-order valence-corrected chi connectivity index (χ0v) is 22.1. The van der Waals surface area contributed by atoms with Crippen LogP contribution in [-0.2, 0) is 17.8 Å². The number of carbonyl (C=O) groups is 1. The number of anilines is 1. The molecule has 0 unspecified atom stereocenters. The molecule has 0 bridgehead atoms. The molecule has 1 amide bonds. The van der Waals surface area contributed by atoms with E-state index in [9.17, 15) is 10.1 Å². The molecule has 5 nitrogen and oxygen atoms in total. The minimum atomic E-state index is -0.541. The average Bonchev–Trinajstić information content (AvgIpc) is 2.94. The van der Waals surface area contributed by atoms with Crippen LogP contribution >= 0.6 is 23.2 Å². The maximum atomic E-state index is 12.8. The fourth-order valence-corrected chi connectivity index (χ4v) is 4.28. The van der Waals surface area contributed by atoms with Crippen molar-refractivity contribution in [2.75, 3.05) is 12.4 Å². The molecule has 0 saturated carbocycles. The SMILES string of the molecule is COc1cc(/C=C(\C#N)C(=O)Nc2ccc(OCc3ccccc3)cc2)cc(Cl)c1Cc1ccccc1Cl. The standard InChI is InChI=1S/C31H24Cl2N2O3/c1-37-30-17-22(16-29(33)27(30)18-23-9-5-6-10-28(23)32)15-24(19-34)31(36)35-25-11-13-26(14-12-25)38-20-21-7-3-2-4-8-21/h2-17H,18,20H2,1H3,(H,35,36)/b24-15+. The highest BCUT2D eigenvalue weighted by atomic mass is 35.5. The molecule has 0 fully saturated rings. The van der Waals surface area contributed by atoms with Crippen molar-refractivity contribution in [2.24, 2.45) is 0 Å². The predicted octanol–water partition coefficient (Wildman–Crippen LogP) is 7.72. The fraction of sp³-hybridized carbons (Fsp3) is 0.0968. The summed E-state index contributed by atoms with van der Waals surface area (Å²) in [6.07, 6.45) is 1.95. The molecule has 0 atom stereocenters. The van der Waals surface area contributed by atoms with E-state index in [0.29, 0.717) is 45.8 Å². The number of nitrogens with zero attached hydrogens (tertiary/aromatic N) is 1. The van der Waals surface area contributed by atoms with E-state index in [2.05, 4.69) is 5.32 Å². The van der Waals surface area contributed by atoms with E-state index in [4.69, 9.17) is 32.7 Å². The number of carbonyl (C=O) groups excluding carboxylic acids is 1. The van der Waals surface area contributed by atoms with Crippen LogP contribution in [0.15, 0.2) is 96.6 Å². The zero-order valence-electron chi connectivity index (χ0n) is 20.6. The lowest BCUT2D eigenvalue weighted by Gasteiger charge is -2.13. The maximum absolute atomic E-state index is 12.8. The molecule has 4 aromatic rings. The van der Waals surface area contributed by atoms with Gasteiger partial charge in [0.25, 0.3) is 5.91 Å². The highest BCUT2D eigenvalue weighted by molar-refractivity contribution is 6.32. The second-order valence-corrected chi connectivity index (χ2v) is 9.19. The number of rotatable bonds is 9. The van der Waals surface area contributed by atoms with Gasteiger partial charge in [-0.3, -0.25) is 4.79 Å². The van der Waals surface area contributed by atoms with Crippen molar-refractivity contribution in [3.8, 4) is 17.6 Å². The Hall–Kier alpha value is -4.24. The second-order valence-electron chi connectivity index (χ2n) is 8.37. The molecule has 0 radical (unpaired) electrons. The smallest absolute Gasteiger partial charge is 0.266 e. The van der Waals surface area contributed by atoms with Crippen molar-refractivity contribution >= 4 is 40.9 Å². The minimum Gasteiger partial charge on any atom is -0.496 e. The molecule has 0 heterocycles. The Morgan fingerprint density at radius 3 is 2.34 bits per heavy atom. The summed E-state index contributed by atoms with van der Waals surface area (Å²) in [6, 6.07) is 29.7. The summed E-state index contributed by atoms with van der Waals surface area (Å²) in [6.45, 7) is 0.442. The number of methoxy groups -OCH3 is 1. The van der Waals surface area contributed by atoms with Gasteiger partial charge in [-0.1, -0.05) is 71.7 Å². The molecule has 0 aliphatic rings. The topological polar surface area (TPSA) is 71.3 Å². The van der Waals surface area contributed by atoms with Gasteiger partial charge in [0.2, 0.25) is 0 Å². The van der Waals surface area contributed by atoms with E-state index < -0.39 is 5.91 Å². The minimum absolute atomic E-state index is 0.0774. The number of nitriles is 1. The average molecular weight is 543 g/mol. The quantitative estimate of drug-likeness (QED) is 0.173. The summed E-state index contributed by atoms with van der Waals surface area (Å²) < 4.78 is 11.3. The van der Waals surface area contributed by atoms with Gasteiger partial charge in [-0.25, -0.2) is 0 Å². The van der Waals surface area contributed by atoms with Gasteiger partial charge in [-0.15, -0.1) is 0 Å². The summed E-state index contributed by atoms with van der Waals surface area (Å²) >= 11 is 12.9. The van der Waals surface area contributed by atoms with Gasteiger partial charge < -0.3 is 14.8 Å². The van der Waals surface area contributed by atoms with Gasteiger partial charge in [0.15, 0.2) is 0 Å². The predicted molar refractivity (Wildman–Crippen MR) is 152 cm³/mol. The van der Waals surface area contributed by atoms with Crippen LogP contribution in [-0.4, -0.2) is 13.0 Å². The third kappa shape index (κ3) is 6.95. The number of nitrogens with one attached hydrogen (secondary N) is 1. The van der Waals surface area contributed by atoms with Crippen molar-refractivity contribution < 1.29 is 14.3 Å². The Balaban J connectivity index is 1.46. The Kier molecular flexibility index (Phi) is 9.05. The molecule has 4 rings (SSSR count). The van der Waals surface area contributed by atoms with Crippen LogP contribution in [0.25, 0.3) is 6.08 Å². The van der Waals surface area contributed by atoms with Crippen molar-refractivity contribution in [3.63, 3.8) is 0 Å². The van der Waals surface area contributed by atoms with Crippen molar-refractivity contribution in [2.45, 2.75) is 13.0 Å². The highest BCUT2D eigenvalue weighted by Crippen LogP contribution is 2.33. The van der Waals surface area contributed by atoms with E-state index in [1.165, 1.54) is 6.08 Å². The van der Waals surface area contributed by atoms with Crippen molar-refractivity contribution in [3.05, 3.63) is 129 Å². The third-order valence-corrected chi connectivity index (χ3v) is 6.46. The first-order valence-electron chi connectivity index (χ1n) is 11.8. The van der Waals surface area contributed by atoms with Crippen molar-refractivity contribution in [1.82, 2.24) is 0 Å². The number of amides is 1. The van der Waals surface area contributed by atoms with Crippen LogP contribution < -0.4 is 14.8 Å². The molecule has 0 aromatic heterocycles. The first-order valence-corrected chi connectivity index (χ1v) is 12.5. The van der Waals surface area contributed by atoms with Crippen LogP contribution in [0, 0.1) is 11.3 Å². The number of hydrogen-bond acceptors (Lipinski definition) is 4. The van der Waals surface area contributed by atoms with Gasteiger partial charge in [0.1, 0.15) is 29.7 Å². The van der Waals surface area contributed by atoms with Gasteiger partial charge in [-0.2, -0.15) is 5.26 Å². The lowest BCUT2D eigenvalue weighted by atomic mass is 10.0. The number of halogens is 2. The third-order valence-electron chi connectivity index (χ3n) is 5.76. The number of benzene rings is 4. The highest BCUT2D eigenvalue weighted by Gasteiger charge is 2.15. The van der Waals surface area contributed by atoms with Crippen LogP contribution in [0.3, 0.4) is 0 Å². The summed E-state index contributed by atoms with van der Waals surface area (Å²) in [5.74, 6) is 0.662. The Labute approximate surface area is 231 Å². The molecule has 0 aliphatic heterocycles. The molecule has 1 N–H and O–H groups in total. The first kappa shape index (κ1) is 26.8. The second kappa shape index (κ2) is 12.8. The summed E-state index contributed by atoms with van der Waals surface area (Å²) in [5.41, 5.74) is 3.75. The van der Waals surface area contributed by atoms with Gasteiger partial charge in [0, 0.05) is 27.7 Å². The van der Waals surface area contributed by atoms with E-state index in [-0.39, 0.29) is 5.57 Å². The van der Waals surface area contributed by atoms with Gasteiger partial charge in [-0.05, 0) is 65.2 Å². The number of ether oxygens (including phenoxy) is 2. The zero-order chi connectivity index (χ0) is 26.9.